The summed E-state index contributed by atoms with van der Waals surface area (Å²) in [5.74, 6) is -0.303. The van der Waals surface area contributed by atoms with Crippen LogP contribution in [0.2, 0.25) is 0 Å². The molecule has 0 bridgehead atoms. The molecule has 0 spiro atoms. The molecule has 0 unspecified atom stereocenters. The first-order valence-corrected chi connectivity index (χ1v) is 9.22. The van der Waals surface area contributed by atoms with E-state index in [0.717, 1.165) is 17.5 Å². The molecule has 2 N–H and O–H groups in total. The van der Waals surface area contributed by atoms with Crippen LogP contribution < -0.4 is 10.6 Å². The van der Waals surface area contributed by atoms with Gasteiger partial charge in [0.25, 0.3) is 11.8 Å². The fourth-order valence-electron chi connectivity index (χ4n) is 2.59. The summed E-state index contributed by atoms with van der Waals surface area (Å²) in [7, 11) is 0. The predicted octanol–water partition coefficient (Wildman–Crippen LogP) is 3.26. The highest BCUT2D eigenvalue weighted by Gasteiger charge is 2.20. The maximum absolute atomic E-state index is 12.6. The molecule has 0 radical (unpaired) electrons. The van der Waals surface area contributed by atoms with Gasteiger partial charge in [-0.05, 0) is 20.3 Å². The van der Waals surface area contributed by atoms with E-state index in [1.807, 2.05) is 45.0 Å². The summed E-state index contributed by atoms with van der Waals surface area (Å²) in [6, 6.07) is 9.29. The molecule has 8 nitrogen and oxygen atoms in total. The number of nitrogens with one attached hydrogen (secondary N) is 2. The van der Waals surface area contributed by atoms with Crippen LogP contribution in [0.25, 0.3) is 11.3 Å². The van der Waals surface area contributed by atoms with Crippen LogP contribution >= 0.6 is 0 Å². The predicted molar refractivity (Wildman–Crippen MR) is 105 cm³/mol. The number of hydrogen-bond donors (Lipinski definition) is 2. The van der Waals surface area contributed by atoms with Gasteiger partial charge in [-0.2, -0.15) is 5.10 Å². The molecular formula is C20H23N5O3. The minimum atomic E-state index is -0.470. The van der Waals surface area contributed by atoms with E-state index in [-0.39, 0.29) is 17.3 Å². The SMILES string of the molecule is CCCNC(=O)c1nn(CC)cc1NC(=O)c1cc(-c2ccc(C)cc2)on1. The van der Waals surface area contributed by atoms with Crippen LogP contribution in [0.4, 0.5) is 5.69 Å². The van der Waals surface area contributed by atoms with E-state index < -0.39 is 5.91 Å². The van der Waals surface area contributed by atoms with Crippen molar-refractivity contribution in [3.05, 3.63) is 53.5 Å². The third-order valence-electron chi connectivity index (χ3n) is 4.16. The molecule has 0 saturated carbocycles. The largest absolute Gasteiger partial charge is 0.355 e. The number of nitrogens with zero attached hydrogens (tertiary/aromatic N) is 3. The number of aromatic nitrogens is 3. The van der Waals surface area contributed by atoms with Crippen LogP contribution in [0, 0.1) is 6.92 Å². The van der Waals surface area contributed by atoms with Crippen LogP contribution in [0.3, 0.4) is 0 Å². The number of rotatable bonds is 7. The van der Waals surface area contributed by atoms with E-state index in [0.29, 0.717) is 24.5 Å². The van der Waals surface area contributed by atoms with Crippen molar-refractivity contribution < 1.29 is 14.1 Å². The summed E-state index contributed by atoms with van der Waals surface area (Å²) in [5, 5.41) is 13.6. The molecule has 1 aromatic carbocycles. The molecule has 0 fully saturated rings. The van der Waals surface area contributed by atoms with Crippen molar-refractivity contribution in [1.29, 1.82) is 0 Å². The number of aryl methyl sites for hydroxylation is 2. The van der Waals surface area contributed by atoms with Crippen molar-refractivity contribution in [2.45, 2.75) is 33.7 Å². The molecule has 0 aliphatic carbocycles. The quantitative estimate of drug-likeness (QED) is 0.654. The lowest BCUT2D eigenvalue weighted by Crippen LogP contribution is -2.26. The van der Waals surface area contributed by atoms with Crippen LogP contribution in [0.1, 0.15) is 46.8 Å². The summed E-state index contributed by atoms with van der Waals surface area (Å²) < 4.78 is 6.89. The van der Waals surface area contributed by atoms with Gasteiger partial charge in [0.1, 0.15) is 0 Å². The lowest BCUT2D eigenvalue weighted by Gasteiger charge is -2.04. The van der Waals surface area contributed by atoms with Gasteiger partial charge in [0.05, 0.1) is 5.69 Å². The van der Waals surface area contributed by atoms with Gasteiger partial charge in [-0.15, -0.1) is 0 Å². The zero-order valence-corrected chi connectivity index (χ0v) is 16.2. The summed E-state index contributed by atoms with van der Waals surface area (Å²) >= 11 is 0. The van der Waals surface area contributed by atoms with Gasteiger partial charge in [-0.1, -0.05) is 41.9 Å². The Bertz CT molecular complexity index is 972. The zero-order valence-electron chi connectivity index (χ0n) is 16.2. The molecule has 28 heavy (non-hydrogen) atoms. The fourth-order valence-corrected chi connectivity index (χ4v) is 2.59. The van der Waals surface area contributed by atoms with Crippen LogP contribution in [0.5, 0.6) is 0 Å². The number of anilines is 1. The molecule has 0 saturated heterocycles. The summed E-state index contributed by atoms with van der Waals surface area (Å²) in [5.41, 5.74) is 2.59. The van der Waals surface area contributed by atoms with Crippen LogP contribution in [0.15, 0.2) is 41.1 Å². The standard InChI is InChI=1S/C20H23N5O3/c1-4-10-21-20(27)18-16(12-25(5-2)23-18)22-19(26)15-11-17(28-24-15)14-8-6-13(3)7-9-14/h6-9,11-12H,4-5,10H2,1-3H3,(H,21,27)(H,22,26). The molecular weight excluding hydrogens is 358 g/mol. The molecule has 146 valence electrons. The Labute approximate surface area is 162 Å². The maximum atomic E-state index is 12.6. The smallest absolute Gasteiger partial charge is 0.277 e. The molecule has 0 aliphatic heterocycles. The Balaban J connectivity index is 1.78. The minimum absolute atomic E-state index is 0.125. The summed E-state index contributed by atoms with van der Waals surface area (Å²) in [4.78, 5) is 24.9. The average Bonchev–Trinajstić information content (AvgIpc) is 3.34. The Kier molecular flexibility index (Phi) is 5.88. The van der Waals surface area contributed by atoms with Crippen molar-refractivity contribution in [3.63, 3.8) is 0 Å². The highest BCUT2D eigenvalue weighted by molar-refractivity contribution is 6.07. The molecule has 2 heterocycles. The minimum Gasteiger partial charge on any atom is -0.355 e. The second-order valence-corrected chi connectivity index (χ2v) is 6.40. The van der Waals surface area contributed by atoms with Crippen molar-refractivity contribution in [2.75, 3.05) is 11.9 Å². The van der Waals surface area contributed by atoms with Gasteiger partial charge in [0.15, 0.2) is 17.1 Å². The van der Waals surface area contributed by atoms with Gasteiger partial charge in [0, 0.05) is 30.9 Å². The number of hydrogen-bond acceptors (Lipinski definition) is 5. The second kappa shape index (κ2) is 8.51. The molecule has 2 aromatic heterocycles. The number of carbonyl (C=O) groups is 2. The van der Waals surface area contributed by atoms with Gasteiger partial charge >= 0.3 is 0 Å². The highest BCUT2D eigenvalue weighted by atomic mass is 16.5. The lowest BCUT2D eigenvalue weighted by atomic mass is 10.1. The Morgan fingerprint density at radius 2 is 1.89 bits per heavy atom. The molecule has 3 rings (SSSR count). The topological polar surface area (TPSA) is 102 Å². The Morgan fingerprint density at radius 1 is 1.14 bits per heavy atom. The van der Waals surface area contributed by atoms with Gasteiger partial charge in [-0.25, -0.2) is 0 Å². The Hall–Kier alpha value is -3.42. The number of benzene rings is 1. The zero-order chi connectivity index (χ0) is 20.1. The molecule has 3 aromatic rings. The third-order valence-corrected chi connectivity index (χ3v) is 4.16. The number of carbonyl (C=O) groups excluding carboxylic acids is 2. The molecule has 0 aliphatic rings. The van der Waals surface area contributed by atoms with Crippen molar-refractivity contribution in [3.8, 4) is 11.3 Å². The van der Waals surface area contributed by atoms with E-state index in [1.165, 1.54) is 0 Å². The molecule has 8 heteroatoms. The molecule has 0 atom stereocenters. The second-order valence-electron chi connectivity index (χ2n) is 6.40. The van der Waals surface area contributed by atoms with Crippen LogP contribution in [-0.2, 0) is 6.54 Å². The first kappa shape index (κ1) is 19.3. The summed E-state index contributed by atoms with van der Waals surface area (Å²) in [6.07, 6.45) is 2.43. The first-order valence-electron chi connectivity index (χ1n) is 9.22. The van der Waals surface area contributed by atoms with E-state index >= 15 is 0 Å². The fraction of sp³-hybridized carbons (Fsp3) is 0.300. The van der Waals surface area contributed by atoms with Crippen molar-refractivity contribution in [1.82, 2.24) is 20.3 Å². The van der Waals surface area contributed by atoms with Crippen molar-refractivity contribution in [2.24, 2.45) is 0 Å². The molecule has 2 amide bonds. The van der Waals surface area contributed by atoms with E-state index in [2.05, 4.69) is 20.9 Å². The number of amides is 2. The van der Waals surface area contributed by atoms with Gasteiger partial charge < -0.3 is 15.2 Å². The van der Waals surface area contributed by atoms with Crippen LogP contribution in [-0.4, -0.2) is 33.3 Å². The average molecular weight is 381 g/mol. The Morgan fingerprint density at radius 3 is 2.57 bits per heavy atom. The third kappa shape index (κ3) is 4.28. The monoisotopic (exact) mass is 381 g/mol. The van der Waals surface area contributed by atoms with E-state index in [4.69, 9.17) is 4.52 Å². The highest BCUT2D eigenvalue weighted by Crippen LogP contribution is 2.22. The van der Waals surface area contributed by atoms with E-state index in [1.54, 1.807) is 16.9 Å². The normalized spacial score (nSPS) is 10.7. The maximum Gasteiger partial charge on any atom is 0.277 e. The first-order chi connectivity index (χ1) is 13.5. The van der Waals surface area contributed by atoms with Crippen molar-refractivity contribution >= 4 is 17.5 Å². The lowest BCUT2D eigenvalue weighted by molar-refractivity contribution is 0.0948. The van der Waals surface area contributed by atoms with E-state index in [9.17, 15) is 9.59 Å². The van der Waals surface area contributed by atoms with Gasteiger partial charge in [0.2, 0.25) is 0 Å². The van der Waals surface area contributed by atoms with Gasteiger partial charge in [-0.3, -0.25) is 14.3 Å². The summed E-state index contributed by atoms with van der Waals surface area (Å²) in [6.45, 7) is 6.97.